The molecular weight excluding hydrogens is 990 g/mol. The quantitative estimate of drug-likeness (QED) is 0.0416. The maximum atomic E-state index is 14.9. The van der Waals surface area contributed by atoms with Crippen LogP contribution >= 0.6 is 7.82 Å². The highest BCUT2D eigenvalue weighted by Crippen LogP contribution is 2.51. The van der Waals surface area contributed by atoms with E-state index in [2.05, 4.69) is 25.7 Å². The normalized spacial score (nSPS) is 24.3. The van der Waals surface area contributed by atoms with Gasteiger partial charge < -0.3 is 57.9 Å². The van der Waals surface area contributed by atoms with E-state index in [1.807, 2.05) is 182 Å². The first-order valence-corrected chi connectivity index (χ1v) is 27.6. The fraction of sp³-hybridized carbons (Fsp3) is 0.400. The van der Waals surface area contributed by atoms with Gasteiger partial charge in [0.2, 0.25) is 0 Å². The van der Waals surface area contributed by atoms with Crippen molar-refractivity contribution in [2.45, 2.75) is 122 Å². The summed E-state index contributed by atoms with van der Waals surface area (Å²) in [6.45, 7) is 10.3. The predicted octanol–water partition coefficient (Wildman–Crippen LogP) is 9.41. The van der Waals surface area contributed by atoms with Gasteiger partial charge in [0, 0.05) is 0 Å². The van der Waals surface area contributed by atoms with Crippen LogP contribution in [0.1, 0.15) is 54.2 Å². The maximum Gasteiger partial charge on any atom is 0.475 e. The van der Waals surface area contributed by atoms with Gasteiger partial charge in [-0.2, -0.15) is 0 Å². The van der Waals surface area contributed by atoms with Crippen molar-refractivity contribution in [3.63, 3.8) is 0 Å². The van der Waals surface area contributed by atoms with E-state index in [4.69, 9.17) is 46.9 Å². The molecule has 3 N–H and O–H groups in total. The predicted molar refractivity (Wildman–Crippen MR) is 287 cm³/mol. The van der Waals surface area contributed by atoms with Crippen molar-refractivity contribution in [2.24, 2.45) is 0 Å². The minimum absolute atomic E-state index is 0.00339. The van der Waals surface area contributed by atoms with E-state index in [1.165, 1.54) is 19.6 Å². The number of benzene rings is 6. The van der Waals surface area contributed by atoms with Gasteiger partial charge in [-0.1, -0.05) is 203 Å². The summed E-state index contributed by atoms with van der Waals surface area (Å²) in [5.41, 5.74) is 4.94. The highest BCUT2D eigenvalue weighted by Gasteiger charge is 2.54. The van der Waals surface area contributed by atoms with E-state index in [9.17, 15) is 19.7 Å². The number of rotatable bonds is 27. The zero-order valence-corrected chi connectivity index (χ0v) is 44.5. The molecule has 6 aromatic carbocycles. The van der Waals surface area contributed by atoms with Crippen molar-refractivity contribution >= 4 is 7.82 Å². The molecule has 0 bridgehead atoms. The lowest BCUT2D eigenvalue weighted by molar-refractivity contribution is -0.315. The molecule has 2 aliphatic rings. The number of aliphatic hydroxyl groups is 2. The number of aliphatic hydroxyl groups excluding tert-OH is 2. The van der Waals surface area contributed by atoms with Crippen LogP contribution in [0.5, 0.6) is 0 Å². The summed E-state index contributed by atoms with van der Waals surface area (Å²) in [5, 5.41) is 23.6. The molecule has 0 amide bonds. The molecule has 0 aromatic heterocycles. The molecule has 6 aromatic rings. The SMILES string of the molecule is CCN(CC)CC.O=P(O)(O[C@H]1O[C@H](COCc2ccccc2)[C@@H](O)[C@H](OCc2ccccc2)[C@H]1OCc1ccccc1)O[C@H]1[C@H](OCc2ccccc2)[C@@H](OCc2ccccc2)C(O)O[C@@H]1COCc1ccccc1. The Morgan fingerprint density at radius 1 is 0.421 bits per heavy atom. The first-order chi connectivity index (χ1) is 37.1. The van der Waals surface area contributed by atoms with Crippen molar-refractivity contribution in [3.05, 3.63) is 215 Å². The van der Waals surface area contributed by atoms with Crippen LogP contribution in [0.4, 0.5) is 0 Å². The standard InChI is InChI=1S/C54H59O14P.C6H15N/c55-47-45(37-59-31-39-19-7-1-8-20-39)66-54(52(64-36-44-29-17-6-18-30-44)49(47)61-33-41-23-11-3-12-24-41)68-69(57,58)67-48-46(38-60-32-40-21-9-2-10-22-40)65-53(56)51(63-35-43-27-15-5-16-28-43)50(48)62-34-42-25-13-4-14-26-42;1-4-7(5-2)6-3/h1-30,45-56H,31-38H2,(H,57,58);4-6H2,1-3H3/t45-,46-,47-,48-,49+,50+,51-,52-,53?,54-;/m1./s1. The zero-order chi connectivity index (χ0) is 53.4. The molecule has 0 aliphatic carbocycles. The van der Waals surface area contributed by atoms with Crippen LogP contribution in [0.25, 0.3) is 0 Å². The summed E-state index contributed by atoms with van der Waals surface area (Å²) < 4.78 is 77.6. The summed E-state index contributed by atoms with van der Waals surface area (Å²) in [6.07, 6.45) is -13.3. The number of nitrogens with zero attached hydrogens (tertiary/aromatic N) is 1. The molecule has 15 nitrogen and oxygen atoms in total. The molecule has 16 heteroatoms. The van der Waals surface area contributed by atoms with Gasteiger partial charge in [-0.05, 0) is 53.0 Å². The third-order valence-corrected chi connectivity index (χ3v) is 14.0. The van der Waals surface area contributed by atoms with Crippen molar-refractivity contribution in [3.8, 4) is 0 Å². The fourth-order valence-corrected chi connectivity index (χ4v) is 9.83. The molecule has 2 aliphatic heterocycles. The summed E-state index contributed by atoms with van der Waals surface area (Å²) in [5.74, 6) is 0. The fourth-order valence-electron chi connectivity index (χ4n) is 8.79. The molecule has 2 unspecified atom stereocenters. The Labute approximate surface area is 447 Å². The Bertz CT molecular complexity index is 2510. The Morgan fingerprint density at radius 2 is 0.763 bits per heavy atom. The lowest BCUT2D eigenvalue weighted by Crippen LogP contribution is -2.62. The highest BCUT2D eigenvalue weighted by molar-refractivity contribution is 7.47. The third-order valence-electron chi connectivity index (χ3n) is 13.0. The molecule has 0 spiro atoms. The van der Waals surface area contributed by atoms with E-state index in [-0.39, 0.29) is 52.9 Å². The van der Waals surface area contributed by atoms with E-state index in [0.29, 0.717) is 0 Å². The lowest BCUT2D eigenvalue weighted by Gasteiger charge is -2.46. The van der Waals surface area contributed by atoms with E-state index in [1.54, 1.807) is 0 Å². The second kappa shape index (κ2) is 31.4. The minimum atomic E-state index is -5.31. The van der Waals surface area contributed by atoms with Gasteiger partial charge in [0.15, 0.2) is 12.6 Å². The third kappa shape index (κ3) is 18.6. The Hall–Kier alpha value is -5.01. The molecule has 2 heterocycles. The zero-order valence-electron chi connectivity index (χ0n) is 43.6. The van der Waals surface area contributed by atoms with Crippen LogP contribution in [0.2, 0.25) is 0 Å². The van der Waals surface area contributed by atoms with E-state index < -0.39 is 69.2 Å². The van der Waals surface area contributed by atoms with Crippen molar-refractivity contribution in [1.29, 1.82) is 0 Å². The molecule has 408 valence electrons. The first kappa shape index (κ1) is 58.7. The number of ether oxygens (including phenoxy) is 8. The average molecular weight is 1060 g/mol. The largest absolute Gasteiger partial charge is 0.475 e. The van der Waals surface area contributed by atoms with E-state index in [0.717, 1.165) is 33.4 Å². The summed E-state index contributed by atoms with van der Waals surface area (Å²) in [7, 11) is -5.31. The van der Waals surface area contributed by atoms with Crippen LogP contribution < -0.4 is 0 Å². The number of hydrogen-bond donors (Lipinski definition) is 3. The van der Waals surface area contributed by atoms with Crippen molar-refractivity contribution in [2.75, 3.05) is 32.8 Å². The average Bonchev–Trinajstić information content (AvgIpc) is 3.46. The number of phosphoric ester groups is 1. The van der Waals surface area contributed by atoms with Gasteiger partial charge >= 0.3 is 7.82 Å². The molecule has 0 saturated carbocycles. The van der Waals surface area contributed by atoms with Gasteiger partial charge in [0.05, 0.1) is 52.9 Å². The highest BCUT2D eigenvalue weighted by atomic mass is 31.2. The molecule has 11 atom stereocenters. The van der Waals surface area contributed by atoms with Gasteiger partial charge in [-0.3, -0.25) is 9.05 Å². The second-order valence-corrected chi connectivity index (χ2v) is 19.8. The van der Waals surface area contributed by atoms with Gasteiger partial charge in [0.25, 0.3) is 0 Å². The van der Waals surface area contributed by atoms with Gasteiger partial charge in [-0.25, -0.2) is 4.57 Å². The summed E-state index contributed by atoms with van der Waals surface area (Å²) in [6, 6.07) is 56.3. The number of phosphoric acid groups is 1. The summed E-state index contributed by atoms with van der Waals surface area (Å²) >= 11 is 0. The van der Waals surface area contributed by atoms with Crippen LogP contribution in [0, 0.1) is 0 Å². The molecule has 2 saturated heterocycles. The monoisotopic (exact) mass is 1060 g/mol. The van der Waals surface area contributed by atoms with Crippen LogP contribution in [-0.4, -0.2) is 114 Å². The van der Waals surface area contributed by atoms with Crippen molar-refractivity contribution < 1.29 is 66.6 Å². The van der Waals surface area contributed by atoms with Crippen LogP contribution in [0.15, 0.2) is 182 Å². The second-order valence-electron chi connectivity index (χ2n) is 18.4. The smallest absolute Gasteiger partial charge is 0.387 e. The van der Waals surface area contributed by atoms with E-state index >= 15 is 0 Å². The lowest BCUT2D eigenvalue weighted by atomic mass is 9.98. The van der Waals surface area contributed by atoms with Crippen LogP contribution in [0.3, 0.4) is 0 Å². The molecule has 0 radical (unpaired) electrons. The molecule has 8 rings (SSSR count). The maximum absolute atomic E-state index is 14.9. The minimum Gasteiger partial charge on any atom is -0.387 e. The van der Waals surface area contributed by atoms with Gasteiger partial charge in [0.1, 0.15) is 48.8 Å². The Kier molecular flexibility index (Phi) is 24.2. The molecular formula is C60H74NO14P. The molecule has 2 fully saturated rings. The Balaban J connectivity index is 0.00000112. The first-order valence-electron chi connectivity index (χ1n) is 26.1. The number of hydrogen-bond acceptors (Lipinski definition) is 14. The van der Waals surface area contributed by atoms with Gasteiger partial charge in [-0.15, -0.1) is 0 Å². The Morgan fingerprint density at radius 3 is 1.14 bits per heavy atom. The topological polar surface area (TPSA) is 173 Å². The van der Waals surface area contributed by atoms with Crippen LogP contribution in [-0.2, 0) is 91.1 Å². The summed E-state index contributed by atoms with van der Waals surface area (Å²) in [4.78, 5) is 14.4. The molecule has 76 heavy (non-hydrogen) atoms. The van der Waals surface area contributed by atoms with Crippen molar-refractivity contribution in [1.82, 2.24) is 4.90 Å².